The highest BCUT2D eigenvalue weighted by Gasteiger charge is 2.31. The van der Waals surface area contributed by atoms with Crippen LogP contribution in [-0.4, -0.2) is 59.6 Å². The standard InChI is InChI=1S/C15H24N4O2S/c1-11(2)13-16-15(22-17-13)19-5-3-4-12(10-19)14(20)18-6-8-21-9-7-18/h11-12H,3-10H2,1-2H3. The lowest BCUT2D eigenvalue weighted by molar-refractivity contribution is -0.139. The number of carbonyl (C=O) groups excluding carboxylic acids is 1. The van der Waals surface area contributed by atoms with Gasteiger partial charge in [-0.05, 0) is 12.8 Å². The van der Waals surface area contributed by atoms with Crippen LogP contribution >= 0.6 is 11.5 Å². The molecule has 22 heavy (non-hydrogen) atoms. The summed E-state index contributed by atoms with van der Waals surface area (Å²) in [6, 6.07) is 0. The van der Waals surface area contributed by atoms with Crippen molar-refractivity contribution in [2.75, 3.05) is 44.3 Å². The predicted molar refractivity (Wildman–Crippen MR) is 86.3 cm³/mol. The zero-order chi connectivity index (χ0) is 15.5. The minimum atomic E-state index is 0.0817. The van der Waals surface area contributed by atoms with Crippen molar-refractivity contribution in [1.29, 1.82) is 0 Å². The number of hydrogen-bond acceptors (Lipinski definition) is 6. The maximum atomic E-state index is 12.7. The quantitative estimate of drug-likeness (QED) is 0.847. The second-order valence-electron chi connectivity index (χ2n) is 6.31. The highest BCUT2D eigenvalue weighted by Crippen LogP contribution is 2.27. The molecule has 0 aromatic carbocycles. The molecular weight excluding hydrogens is 300 g/mol. The van der Waals surface area contributed by atoms with E-state index in [1.165, 1.54) is 11.5 Å². The highest BCUT2D eigenvalue weighted by molar-refractivity contribution is 7.09. The van der Waals surface area contributed by atoms with Crippen LogP contribution < -0.4 is 4.90 Å². The van der Waals surface area contributed by atoms with Gasteiger partial charge in [-0.25, -0.2) is 4.98 Å². The molecule has 1 amide bonds. The van der Waals surface area contributed by atoms with Crippen LogP contribution in [0.4, 0.5) is 5.13 Å². The third-order valence-electron chi connectivity index (χ3n) is 4.31. The summed E-state index contributed by atoms with van der Waals surface area (Å²) in [5, 5.41) is 0.961. The van der Waals surface area contributed by atoms with E-state index in [1.807, 2.05) is 4.90 Å². The van der Waals surface area contributed by atoms with Crippen molar-refractivity contribution in [3.8, 4) is 0 Å². The van der Waals surface area contributed by atoms with E-state index in [9.17, 15) is 4.79 Å². The molecule has 2 aliphatic rings. The Bertz CT molecular complexity index is 513. The molecule has 2 fully saturated rings. The van der Waals surface area contributed by atoms with Gasteiger partial charge in [0.25, 0.3) is 0 Å². The average Bonchev–Trinajstić information content (AvgIpc) is 3.05. The van der Waals surface area contributed by atoms with Crippen molar-refractivity contribution < 1.29 is 9.53 Å². The number of ether oxygens (including phenoxy) is 1. The lowest BCUT2D eigenvalue weighted by Crippen LogP contribution is -2.48. The SMILES string of the molecule is CC(C)c1nsc(N2CCCC(C(=O)N3CCOCC3)C2)n1. The molecule has 7 heteroatoms. The molecule has 6 nitrogen and oxygen atoms in total. The number of morpholine rings is 1. The van der Waals surface area contributed by atoms with Gasteiger partial charge in [0.2, 0.25) is 11.0 Å². The molecule has 0 radical (unpaired) electrons. The van der Waals surface area contributed by atoms with E-state index in [0.717, 1.165) is 50.0 Å². The first kappa shape index (κ1) is 15.7. The van der Waals surface area contributed by atoms with Gasteiger partial charge in [0.15, 0.2) is 0 Å². The van der Waals surface area contributed by atoms with E-state index in [1.54, 1.807) is 0 Å². The molecule has 2 saturated heterocycles. The minimum absolute atomic E-state index is 0.0817. The Morgan fingerprint density at radius 2 is 2.09 bits per heavy atom. The number of amides is 1. The van der Waals surface area contributed by atoms with Crippen molar-refractivity contribution >= 4 is 22.6 Å². The van der Waals surface area contributed by atoms with Gasteiger partial charge in [-0.2, -0.15) is 4.37 Å². The molecule has 3 rings (SSSR count). The van der Waals surface area contributed by atoms with Crippen LogP contribution in [0.2, 0.25) is 0 Å². The van der Waals surface area contributed by atoms with Crippen LogP contribution in [0, 0.1) is 5.92 Å². The van der Waals surface area contributed by atoms with Crippen molar-refractivity contribution in [3.63, 3.8) is 0 Å². The normalized spacial score (nSPS) is 23.1. The van der Waals surface area contributed by atoms with Crippen LogP contribution in [0.3, 0.4) is 0 Å². The summed E-state index contributed by atoms with van der Waals surface area (Å²) < 4.78 is 9.76. The Labute approximate surface area is 135 Å². The lowest BCUT2D eigenvalue weighted by atomic mass is 9.96. The van der Waals surface area contributed by atoms with Gasteiger partial charge in [0.05, 0.1) is 19.1 Å². The topological polar surface area (TPSA) is 58.6 Å². The summed E-state index contributed by atoms with van der Waals surface area (Å²) in [7, 11) is 0. The van der Waals surface area contributed by atoms with Gasteiger partial charge in [-0.3, -0.25) is 4.79 Å². The summed E-state index contributed by atoms with van der Waals surface area (Å²) in [4.78, 5) is 21.5. The third-order valence-corrected chi connectivity index (χ3v) is 5.10. The molecule has 3 heterocycles. The predicted octanol–water partition coefficient (Wildman–Crippen LogP) is 1.74. The Balaban J connectivity index is 1.64. The monoisotopic (exact) mass is 324 g/mol. The van der Waals surface area contributed by atoms with Crippen LogP contribution in [0.25, 0.3) is 0 Å². The second-order valence-corrected chi connectivity index (χ2v) is 7.04. The highest BCUT2D eigenvalue weighted by atomic mass is 32.1. The van der Waals surface area contributed by atoms with Gasteiger partial charge in [-0.1, -0.05) is 13.8 Å². The van der Waals surface area contributed by atoms with Crippen molar-refractivity contribution in [1.82, 2.24) is 14.3 Å². The first-order chi connectivity index (χ1) is 10.6. The van der Waals surface area contributed by atoms with E-state index >= 15 is 0 Å². The molecule has 0 bridgehead atoms. The molecule has 0 aliphatic carbocycles. The Kier molecular flexibility index (Phi) is 4.93. The molecule has 0 N–H and O–H groups in total. The number of rotatable bonds is 3. The first-order valence-corrected chi connectivity index (χ1v) is 8.87. The molecule has 0 spiro atoms. The number of anilines is 1. The van der Waals surface area contributed by atoms with Gasteiger partial charge < -0.3 is 14.5 Å². The van der Waals surface area contributed by atoms with Gasteiger partial charge >= 0.3 is 0 Å². The smallest absolute Gasteiger partial charge is 0.227 e. The number of piperidine rings is 1. The summed E-state index contributed by atoms with van der Waals surface area (Å²) in [5.41, 5.74) is 0. The number of carbonyl (C=O) groups is 1. The van der Waals surface area contributed by atoms with Crippen molar-refractivity contribution in [2.24, 2.45) is 5.92 Å². The molecule has 1 aromatic rings. The summed E-state index contributed by atoms with van der Waals surface area (Å²) >= 11 is 1.45. The van der Waals surface area contributed by atoms with Crippen molar-refractivity contribution in [3.05, 3.63) is 5.82 Å². The van der Waals surface area contributed by atoms with Crippen LogP contribution in [0.1, 0.15) is 38.4 Å². The lowest BCUT2D eigenvalue weighted by Gasteiger charge is -2.35. The van der Waals surface area contributed by atoms with Crippen LogP contribution in [-0.2, 0) is 9.53 Å². The fourth-order valence-corrected chi connectivity index (χ4v) is 3.83. The maximum absolute atomic E-state index is 12.7. The van der Waals surface area contributed by atoms with Gasteiger partial charge in [-0.15, -0.1) is 0 Å². The summed E-state index contributed by atoms with van der Waals surface area (Å²) in [6.45, 7) is 8.73. The Morgan fingerprint density at radius 3 is 2.77 bits per heavy atom. The second kappa shape index (κ2) is 6.91. The van der Waals surface area contributed by atoms with Crippen LogP contribution in [0.5, 0.6) is 0 Å². The third kappa shape index (κ3) is 3.41. The van der Waals surface area contributed by atoms with Gasteiger partial charge in [0.1, 0.15) is 5.82 Å². The zero-order valence-electron chi connectivity index (χ0n) is 13.3. The molecule has 1 atom stereocenters. The van der Waals surface area contributed by atoms with E-state index in [-0.39, 0.29) is 11.8 Å². The summed E-state index contributed by atoms with van der Waals surface area (Å²) in [6.07, 6.45) is 2.01. The van der Waals surface area contributed by atoms with Crippen LogP contribution in [0.15, 0.2) is 0 Å². The number of hydrogen-bond donors (Lipinski definition) is 0. The molecule has 1 unspecified atom stereocenters. The van der Waals surface area contributed by atoms with E-state index in [2.05, 4.69) is 28.1 Å². The van der Waals surface area contributed by atoms with E-state index in [0.29, 0.717) is 19.1 Å². The Hall–Kier alpha value is -1.21. The molecular formula is C15H24N4O2S. The fraction of sp³-hybridized carbons (Fsp3) is 0.800. The number of nitrogens with zero attached hydrogens (tertiary/aromatic N) is 4. The largest absolute Gasteiger partial charge is 0.378 e. The number of aromatic nitrogens is 2. The van der Waals surface area contributed by atoms with Gasteiger partial charge in [0, 0.05) is 43.6 Å². The zero-order valence-corrected chi connectivity index (χ0v) is 14.1. The van der Waals surface area contributed by atoms with E-state index in [4.69, 9.17) is 4.74 Å². The molecule has 0 saturated carbocycles. The Morgan fingerprint density at radius 1 is 1.32 bits per heavy atom. The first-order valence-electron chi connectivity index (χ1n) is 8.10. The molecule has 122 valence electrons. The maximum Gasteiger partial charge on any atom is 0.227 e. The molecule has 1 aromatic heterocycles. The molecule has 2 aliphatic heterocycles. The summed E-state index contributed by atoms with van der Waals surface area (Å²) in [5.74, 6) is 1.61. The fourth-order valence-electron chi connectivity index (χ4n) is 2.98. The minimum Gasteiger partial charge on any atom is -0.378 e. The average molecular weight is 324 g/mol. The van der Waals surface area contributed by atoms with E-state index < -0.39 is 0 Å². The van der Waals surface area contributed by atoms with Crippen molar-refractivity contribution in [2.45, 2.75) is 32.6 Å².